The Labute approximate surface area is 135 Å². The van der Waals surface area contributed by atoms with Crippen LogP contribution in [0.3, 0.4) is 0 Å². The van der Waals surface area contributed by atoms with Crippen molar-refractivity contribution in [3.05, 3.63) is 53.9 Å². The van der Waals surface area contributed by atoms with Crippen LogP contribution in [-0.4, -0.2) is 25.1 Å². The normalized spacial score (nSPS) is 13.6. The van der Waals surface area contributed by atoms with Crippen LogP contribution in [0.5, 0.6) is 0 Å². The highest BCUT2D eigenvalue weighted by molar-refractivity contribution is 7.91. The summed E-state index contributed by atoms with van der Waals surface area (Å²) in [5, 5.41) is 2.66. The van der Waals surface area contributed by atoms with Gasteiger partial charge >= 0.3 is 0 Å². The number of hydrogen-bond acceptors (Lipinski definition) is 4. The highest BCUT2D eigenvalue weighted by Gasteiger charge is 2.19. The molecule has 120 valence electrons. The quantitative estimate of drug-likeness (QED) is 0.913. The van der Waals surface area contributed by atoms with Crippen LogP contribution < -0.4 is 5.32 Å². The molecular weight excluding hydrogens is 312 g/mol. The lowest BCUT2D eigenvalue weighted by Gasteiger charge is -2.08. The highest BCUT2D eigenvalue weighted by Crippen LogP contribution is 2.25. The number of nitrogens with zero attached hydrogens (tertiary/aromatic N) is 1. The molecule has 1 heterocycles. The summed E-state index contributed by atoms with van der Waals surface area (Å²) in [4.78, 5) is 16.1. The SMILES string of the molecule is O=C(CCS(=O)(=O)c1ccc2c(c1)CCC2)Nc1ccncc1. The number of sulfone groups is 1. The van der Waals surface area contributed by atoms with E-state index in [1.165, 1.54) is 5.56 Å². The molecule has 1 aliphatic rings. The second-order valence-electron chi connectivity index (χ2n) is 5.64. The second kappa shape index (κ2) is 6.50. The molecule has 3 rings (SSSR count). The van der Waals surface area contributed by atoms with Crippen molar-refractivity contribution in [2.24, 2.45) is 0 Å². The molecule has 0 fully saturated rings. The molecule has 1 amide bonds. The lowest BCUT2D eigenvalue weighted by atomic mass is 10.1. The van der Waals surface area contributed by atoms with E-state index in [9.17, 15) is 13.2 Å². The fourth-order valence-corrected chi connectivity index (χ4v) is 4.03. The Kier molecular flexibility index (Phi) is 4.43. The standard InChI is InChI=1S/C17H18N2O3S/c20-17(19-15-6-9-18-10-7-15)8-11-23(21,22)16-5-4-13-2-1-3-14(13)12-16/h4-7,9-10,12H,1-3,8,11H2,(H,18,19,20). The Bertz CT molecular complexity index is 817. The average Bonchev–Trinajstić information content (AvgIpc) is 3.02. The Morgan fingerprint density at radius 2 is 1.83 bits per heavy atom. The number of hydrogen-bond donors (Lipinski definition) is 1. The fourth-order valence-electron chi connectivity index (χ4n) is 2.75. The molecule has 23 heavy (non-hydrogen) atoms. The third-order valence-corrected chi connectivity index (χ3v) is 5.70. The number of carbonyl (C=O) groups excluding carboxylic acids is 1. The van der Waals surface area contributed by atoms with Crippen LogP contribution in [-0.2, 0) is 27.5 Å². The van der Waals surface area contributed by atoms with Crippen molar-refractivity contribution < 1.29 is 13.2 Å². The van der Waals surface area contributed by atoms with E-state index in [4.69, 9.17) is 0 Å². The molecule has 0 aliphatic heterocycles. The number of nitrogens with one attached hydrogen (secondary N) is 1. The van der Waals surface area contributed by atoms with Gasteiger partial charge in [-0.25, -0.2) is 8.42 Å². The number of anilines is 1. The molecule has 1 N–H and O–H groups in total. The fraction of sp³-hybridized carbons (Fsp3) is 0.294. The third-order valence-electron chi connectivity index (χ3n) is 3.99. The van der Waals surface area contributed by atoms with Crippen LogP contribution in [0, 0.1) is 0 Å². The number of pyridine rings is 1. The van der Waals surface area contributed by atoms with Crippen molar-refractivity contribution in [3.63, 3.8) is 0 Å². The molecular formula is C17H18N2O3S. The van der Waals surface area contributed by atoms with E-state index < -0.39 is 9.84 Å². The number of benzene rings is 1. The molecule has 2 aromatic rings. The predicted molar refractivity (Wildman–Crippen MR) is 88.0 cm³/mol. The number of amides is 1. The minimum absolute atomic E-state index is 0.0677. The summed E-state index contributed by atoms with van der Waals surface area (Å²) in [6.45, 7) is 0. The van der Waals surface area contributed by atoms with Crippen molar-refractivity contribution in [2.45, 2.75) is 30.6 Å². The Balaban J connectivity index is 1.64. The minimum atomic E-state index is -3.44. The van der Waals surface area contributed by atoms with Crippen molar-refractivity contribution in [1.82, 2.24) is 4.98 Å². The van der Waals surface area contributed by atoms with Crippen molar-refractivity contribution in [2.75, 3.05) is 11.1 Å². The molecule has 0 unspecified atom stereocenters. The van der Waals surface area contributed by atoms with Gasteiger partial charge in [0.2, 0.25) is 5.91 Å². The van der Waals surface area contributed by atoms with E-state index in [1.807, 2.05) is 6.07 Å². The molecule has 1 aromatic heterocycles. The van der Waals surface area contributed by atoms with Crippen LogP contribution in [0.1, 0.15) is 24.0 Å². The lowest BCUT2D eigenvalue weighted by molar-refractivity contribution is -0.115. The number of aryl methyl sites for hydroxylation is 2. The number of carbonyl (C=O) groups is 1. The van der Waals surface area contributed by atoms with Crippen LogP contribution in [0.15, 0.2) is 47.6 Å². The summed E-state index contributed by atoms with van der Waals surface area (Å²) in [7, 11) is -3.44. The Morgan fingerprint density at radius 3 is 2.61 bits per heavy atom. The topological polar surface area (TPSA) is 76.1 Å². The maximum absolute atomic E-state index is 12.4. The molecule has 0 radical (unpaired) electrons. The Hall–Kier alpha value is -2.21. The molecule has 5 nitrogen and oxygen atoms in total. The van der Waals surface area contributed by atoms with Gasteiger partial charge in [0.1, 0.15) is 0 Å². The van der Waals surface area contributed by atoms with E-state index in [1.54, 1.807) is 36.7 Å². The smallest absolute Gasteiger partial charge is 0.225 e. The number of fused-ring (bicyclic) bond motifs is 1. The van der Waals surface area contributed by atoms with Crippen molar-refractivity contribution >= 4 is 21.4 Å². The van der Waals surface area contributed by atoms with Crippen LogP contribution in [0.2, 0.25) is 0 Å². The zero-order valence-electron chi connectivity index (χ0n) is 12.7. The monoisotopic (exact) mass is 330 g/mol. The second-order valence-corrected chi connectivity index (χ2v) is 7.75. The van der Waals surface area contributed by atoms with Gasteiger partial charge in [0, 0.05) is 24.5 Å². The van der Waals surface area contributed by atoms with Crippen molar-refractivity contribution in [1.29, 1.82) is 0 Å². The van der Waals surface area contributed by atoms with Gasteiger partial charge in [0.05, 0.1) is 10.6 Å². The van der Waals surface area contributed by atoms with Gasteiger partial charge in [-0.05, 0) is 54.7 Å². The summed E-state index contributed by atoms with van der Waals surface area (Å²) >= 11 is 0. The zero-order valence-corrected chi connectivity index (χ0v) is 13.5. The van der Waals surface area contributed by atoms with Gasteiger partial charge in [0.25, 0.3) is 0 Å². The summed E-state index contributed by atoms with van der Waals surface area (Å²) in [6.07, 6.45) is 6.09. The first-order chi connectivity index (χ1) is 11.0. The first-order valence-corrected chi connectivity index (χ1v) is 9.24. The summed E-state index contributed by atoms with van der Waals surface area (Å²) in [5.41, 5.74) is 2.96. The molecule has 1 aromatic carbocycles. The van der Waals surface area contributed by atoms with Crippen molar-refractivity contribution in [3.8, 4) is 0 Å². The van der Waals surface area contributed by atoms with Gasteiger partial charge in [-0.1, -0.05) is 6.07 Å². The number of rotatable bonds is 5. The minimum Gasteiger partial charge on any atom is -0.326 e. The average molecular weight is 330 g/mol. The first kappa shape index (κ1) is 15.7. The molecule has 0 spiro atoms. The summed E-state index contributed by atoms with van der Waals surface area (Å²) < 4.78 is 24.8. The Morgan fingerprint density at radius 1 is 1.09 bits per heavy atom. The maximum atomic E-state index is 12.4. The van der Waals surface area contributed by atoms with Gasteiger partial charge in [-0.3, -0.25) is 9.78 Å². The van der Waals surface area contributed by atoms with Crippen LogP contribution in [0.4, 0.5) is 5.69 Å². The van der Waals surface area contributed by atoms with E-state index in [0.717, 1.165) is 24.8 Å². The predicted octanol–water partition coefficient (Wildman–Crippen LogP) is 2.37. The molecule has 0 saturated carbocycles. The third kappa shape index (κ3) is 3.76. The first-order valence-electron chi connectivity index (χ1n) is 7.59. The van der Waals surface area contributed by atoms with E-state index in [2.05, 4.69) is 10.3 Å². The molecule has 0 atom stereocenters. The lowest BCUT2D eigenvalue weighted by Crippen LogP contribution is -2.17. The number of aromatic nitrogens is 1. The van der Waals surface area contributed by atoms with Crippen LogP contribution in [0.25, 0.3) is 0 Å². The van der Waals surface area contributed by atoms with Gasteiger partial charge < -0.3 is 5.32 Å². The van der Waals surface area contributed by atoms with Gasteiger partial charge in [-0.2, -0.15) is 0 Å². The van der Waals surface area contributed by atoms with Gasteiger partial charge in [-0.15, -0.1) is 0 Å². The van der Waals surface area contributed by atoms with E-state index in [-0.39, 0.29) is 18.1 Å². The molecule has 0 bridgehead atoms. The summed E-state index contributed by atoms with van der Waals surface area (Å²) in [5.74, 6) is -0.510. The van der Waals surface area contributed by atoms with E-state index >= 15 is 0 Å². The molecule has 6 heteroatoms. The van der Waals surface area contributed by atoms with E-state index in [0.29, 0.717) is 10.6 Å². The zero-order chi connectivity index (χ0) is 16.3. The van der Waals surface area contributed by atoms with Gasteiger partial charge in [0.15, 0.2) is 9.84 Å². The largest absolute Gasteiger partial charge is 0.326 e. The summed E-state index contributed by atoms with van der Waals surface area (Å²) in [6, 6.07) is 8.63. The van der Waals surface area contributed by atoms with Crippen LogP contribution >= 0.6 is 0 Å². The maximum Gasteiger partial charge on any atom is 0.225 e. The highest BCUT2D eigenvalue weighted by atomic mass is 32.2. The molecule has 0 saturated heterocycles. The molecule has 1 aliphatic carbocycles.